The summed E-state index contributed by atoms with van der Waals surface area (Å²) in [6, 6.07) is 51.2. The Morgan fingerprint density at radius 1 is 0.500 bits per heavy atom. The zero-order valence-electron chi connectivity index (χ0n) is 30.4. The van der Waals surface area contributed by atoms with Crippen LogP contribution in [0.5, 0.6) is 0 Å². The summed E-state index contributed by atoms with van der Waals surface area (Å²) in [5.74, 6) is 1.55. The first-order chi connectivity index (χ1) is 26.7. The average molecular weight is 699 g/mol. The molecule has 4 nitrogen and oxygen atoms in total. The molecule has 54 heavy (non-hydrogen) atoms. The van der Waals surface area contributed by atoms with Crippen molar-refractivity contribution in [2.75, 3.05) is 11.4 Å². The van der Waals surface area contributed by atoms with Gasteiger partial charge in [0.2, 0.25) is 0 Å². The lowest BCUT2D eigenvalue weighted by atomic mass is 9.87. The van der Waals surface area contributed by atoms with Gasteiger partial charge >= 0.3 is 0 Å². The van der Waals surface area contributed by atoms with Crippen molar-refractivity contribution in [1.82, 2.24) is 9.13 Å². The molecule has 10 rings (SSSR count). The standard InChI is InChI=1S/C50H42N4/c1-35-17-4-3-15-30-51-50(36-18-5-2-6-19-36)52(35)39-21-16-20-37(31-39)38-32-40(53-46-26-11-7-22-42(46)43-23-8-12-27-47(43)53)34-41(33-38)54-48-28-13-9-24-44(48)45-25-10-14-29-49(45)54/h3-4,7-17,20-29,31-34,36H,1-2,5-6,18-19,30H2/b15-3-,17-4-,51-50?. The molecule has 0 atom stereocenters. The summed E-state index contributed by atoms with van der Waals surface area (Å²) in [6.07, 6.45) is 14.6. The average Bonchev–Trinajstić information content (AvgIpc) is 3.77. The first-order valence-corrected chi connectivity index (χ1v) is 19.3. The van der Waals surface area contributed by atoms with Crippen LogP contribution in [0.4, 0.5) is 5.69 Å². The van der Waals surface area contributed by atoms with Crippen molar-refractivity contribution in [3.8, 4) is 22.5 Å². The Balaban J connectivity index is 1.21. The lowest BCUT2D eigenvalue weighted by molar-refractivity contribution is 0.436. The van der Waals surface area contributed by atoms with E-state index in [4.69, 9.17) is 4.99 Å². The van der Waals surface area contributed by atoms with Gasteiger partial charge in [-0.2, -0.15) is 0 Å². The second-order valence-corrected chi connectivity index (χ2v) is 14.7. The van der Waals surface area contributed by atoms with E-state index in [0.717, 1.165) is 39.7 Å². The minimum absolute atomic E-state index is 0.416. The number of benzene rings is 6. The van der Waals surface area contributed by atoms with E-state index >= 15 is 0 Å². The second kappa shape index (κ2) is 13.5. The minimum Gasteiger partial charge on any atom is -0.309 e. The second-order valence-electron chi connectivity index (χ2n) is 14.7. The van der Waals surface area contributed by atoms with Gasteiger partial charge in [0, 0.05) is 50.2 Å². The summed E-state index contributed by atoms with van der Waals surface area (Å²) in [7, 11) is 0. The van der Waals surface area contributed by atoms with Crippen molar-refractivity contribution >= 4 is 55.1 Å². The van der Waals surface area contributed by atoms with Gasteiger partial charge in [-0.05, 0) is 84.6 Å². The number of rotatable bonds is 5. The minimum atomic E-state index is 0.416. The molecule has 0 amide bonds. The van der Waals surface area contributed by atoms with E-state index in [9.17, 15) is 0 Å². The van der Waals surface area contributed by atoms with E-state index in [1.54, 1.807) is 0 Å². The number of anilines is 1. The number of aliphatic imine (C=N–C) groups is 1. The topological polar surface area (TPSA) is 25.5 Å². The predicted molar refractivity (Wildman–Crippen MR) is 229 cm³/mol. The predicted octanol–water partition coefficient (Wildman–Crippen LogP) is 13.0. The quantitative estimate of drug-likeness (QED) is 0.176. The van der Waals surface area contributed by atoms with E-state index in [-0.39, 0.29) is 0 Å². The van der Waals surface area contributed by atoms with Gasteiger partial charge in [-0.25, -0.2) is 0 Å². The summed E-state index contributed by atoms with van der Waals surface area (Å²) in [4.78, 5) is 7.56. The van der Waals surface area contributed by atoms with Gasteiger partial charge in [0.05, 0.1) is 28.6 Å². The van der Waals surface area contributed by atoms with Crippen molar-refractivity contribution in [3.05, 3.63) is 176 Å². The normalized spacial score (nSPS) is 16.8. The Morgan fingerprint density at radius 2 is 1.02 bits per heavy atom. The third kappa shape index (κ3) is 5.49. The molecule has 8 aromatic rings. The van der Waals surface area contributed by atoms with E-state index in [1.807, 2.05) is 0 Å². The number of hydrogen-bond donors (Lipinski definition) is 0. The van der Waals surface area contributed by atoms with E-state index < -0.39 is 0 Å². The highest BCUT2D eigenvalue weighted by Gasteiger charge is 2.27. The lowest BCUT2D eigenvalue weighted by Gasteiger charge is -2.33. The molecule has 0 spiro atoms. The Hall–Kier alpha value is -6.39. The molecule has 6 aromatic carbocycles. The SMILES string of the molecule is C=C1/C=C\C=C/CN=C(C2CCCCC2)N1c1cccc(-c2cc(-n3c4ccccc4c4ccccc43)cc(-n3c4ccccc4c4ccccc43)c2)c1. The maximum Gasteiger partial charge on any atom is 0.111 e. The molecule has 1 fully saturated rings. The highest BCUT2D eigenvalue weighted by molar-refractivity contribution is 6.11. The van der Waals surface area contributed by atoms with Gasteiger partial charge in [-0.15, -0.1) is 0 Å². The third-order valence-corrected chi connectivity index (χ3v) is 11.4. The zero-order valence-corrected chi connectivity index (χ0v) is 30.4. The van der Waals surface area contributed by atoms with Gasteiger partial charge in [-0.1, -0.05) is 129 Å². The Bertz CT molecular complexity index is 2580. The first-order valence-electron chi connectivity index (χ1n) is 19.3. The third-order valence-electron chi connectivity index (χ3n) is 11.4. The Morgan fingerprint density at radius 3 is 1.57 bits per heavy atom. The summed E-state index contributed by atoms with van der Waals surface area (Å²) in [5, 5.41) is 5.01. The van der Waals surface area contributed by atoms with Crippen molar-refractivity contribution in [3.63, 3.8) is 0 Å². The van der Waals surface area contributed by atoms with Crippen LogP contribution in [0.2, 0.25) is 0 Å². The number of aromatic nitrogens is 2. The molecule has 262 valence electrons. The van der Waals surface area contributed by atoms with Crippen LogP contribution >= 0.6 is 0 Å². The van der Waals surface area contributed by atoms with Crippen molar-refractivity contribution in [2.24, 2.45) is 10.9 Å². The monoisotopic (exact) mass is 698 g/mol. The van der Waals surface area contributed by atoms with Crippen LogP contribution < -0.4 is 4.90 Å². The van der Waals surface area contributed by atoms with E-state index in [1.165, 1.54) is 75.7 Å². The van der Waals surface area contributed by atoms with Crippen molar-refractivity contribution in [2.45, 2.75) is 32.1 Å². The molecule has 1 aliphatic carbocycles. The first kappa shape index (κ1) is 32.3. The molecule has 2 aromatic heterocycles. The van der Waals surface area contributed by atoms with Crippen LogP contribution in [0.15, 0.2) is 181 Å². The van der Waals surface area contributed by atoms with Crippen LogP contribution in [-0.2, 0) is 0 Å². The smallest absolute Gasteiger partial charge is 0.111 e. The van der Waals surface area contributed by atoms with Gasteiger partial charge in [0.1, 0.15) is 5.84 Å². The summed E-state index contributed by atoms with van der Waals surface area (Å²) >= 11 is 0. The number of allylic oxidation sites excluding steroid dienone is 3. The van der Waals surface area contributed by atoms with Crippen molar-refractivity contribution < 1.29 is 0 Å². The molecular formula is C50H42N4. The summed E-state index contributed by atoms with van der Waals surface area (Å²) in [6.45, 7) is 5.26. The molecule has 3 heterocycles. The number of fused-ring (bicyclic) bond motifs is 6. The zero-order chi connectivity index (χ0) is 36.0. The van der Waals surface area contributed by atoms with Crippen molar-refractivity contribution in [1.29, 1.82) is 0 Å². The van der Waals surface area contributed by atoms with E-state index in [0.29, 0.717) is 12.5 Å². The molecule has 4 heteroatoms. The summed E-state index contributed by atoms with van der Waals surface area (Å²) in [5.41, 5.74) is 11.3. The molecule has 0 bridgehead atoms. The number of nitrogens with zero attached hydrogens (tertiary/aromatic N) is 4. The maximum atomic E-state index is 5.24. The number of hydrogen-bond acceptors (Lipinski definition) is 2. The molecule has 0 N–H and O–H groups in total. The molecule has 0 saturated heterocycles. The Kier molecular flexibility index (Phi) is 8.10. The number of amidine groups is 1. The molecule has 2 aliphatic rings. The van der Waals surface area contributed by atoms with Crippen LogP contribution in [0.25, 0.3) is 66.1 Å². The molecule has 1 saturated carbocycles. The lowest BCUT2D eigenvalue weighted by Crippen LogP contribution is -2.36. The number of para-hydroxylation sites is 4. The fourth-order valence-electron chi connectivity index (χ4n) is 8.96. The van der Waals surface area contributed by atoms with E-state index in [2.05, 4.69) is 184 Å². The van der Waals surface area contributed by atoms with Crippen LogP contribution in [0.1, 0.15) is 32.1 Å². The van der Waals surface area contributed by atoms with Gasteiger partial charge in [0.25, 0.3) is 0 Å². The van der Waals surface area contributed by atoms with Gasteiger partial charge in [-0.3, -0.25) is 9.89 Å². The van der Waals surface area contributed by atoms with Crippen LogP contribution in [-0.4, -0.2) is 21.5 Å². The largest absolute Gasteiger partial charge is 0.309 e. The van der Waals surface area contributed by atoms with Gasteiger partial charge < -0.3 is 9.13 Å². The van der Waals surface area contributed by atoms with Gasteiger partial charge in [0.15, 0.2) is 0 Å². The molecule has 0 radical (unpaired) electrons. The highest BCUT2D eigenvalue weighted by Crippen LogP contribution is 2.39. The summed E-state index contributed by atoms with van der Waals surface area (Å²) < 4.78 is 4.87. The Labute approximate surface area is 316 Å². The fraction of sp³-hybridized carbons (Fsp3) is 0.140. The highest BCUT2D eigenvalue weighted by atomic mass is 15.2. The molecular weight excluding hydrogens is 657 g/mol. The fourth-order valence-corrected chi connectivity index (χ4v) is 8.96. The molecule has 1 aliphatic heterocycles. The maximum absolute atomic E-state index is 5.24. The van der Waals surface area contributed by atoms with Crippen LogP contribution in [0.3, 0.4) is 0 Å². The molecule has 0 unspecified atom stereocenters. The van der Waals surface area contributed by atoms with Crippen LogP contribution in [0, 0.1) is 5.92 Å².